The second-order valence-electron chi connectivity index (χ2n) is 4.75. The fourth-order valence-corrected chi connectivity index (χ4v) is 2.28. The smallest absolute Gasteiger partial charge is 0.161 e. The number of benzene rings is 2. The van der Waals surface area contributed by atoms with Crippen molar-refractivity contribution in [2.45, 2.75) is 13.1 Å². The monoisotopic (exact) mass is 321 g/mol. The van der Waals surface area contributed by atoms with Crippen molar-refractivity contribution >= 4 is 11.6 Å². The first-order valence-electron chi connectivity index (χ1n) is 7.09. The largest absolute Gasteiger partial charge is 0.493 e. The van der Waals surface area contributed by atoms with E-state index < -0.39 is 0 Å². The standard InChI is InChI=1S/C17H20ClNO3/c1-21-17-10-13(6-7-16(17)22-9-8-20)11-19-12-14-4-2-3-5-15(14)18/h2-7,10,19-20H,8-9,11-12H2,1H3. The van der Waals surface area contributed by atoms with Gasteiger partial charge >= 0.3 is 0 Å². The van der Waals surface area contributed by atoms with Crippen LogP contribution < -0.4 is 14.8 Å². The summed E-state index contributed by atoms with van der Waals surface area (Å²) in [4.78, 5) is 0. The van der Waals surface area contributed by atoms with Gasteiger partial charge < -0.3 is 19.9 Å². The Morgan fingerprint density at radius 3 is 2.64 bits per heavy atom. The molecule has 0 atom stereocenters. The highest BCUT2D eigenvalue weighted by Gasteiger charge is 2.06. The maximum absolute atomic E-state index is 8.81. The fraction of sp³-hybridized carbons (Fsp3) is 0.294. The number of halogens is 1. The Bertz CT molecular complexity index is 604. The van der Waals surface area contributed by atoms with Crippen LogP contribution in [0.3, 0.4) is 0 Å². The maximum Gasteiger partial charge on any atom is 0.161 e. The summed E-state index contributed by atoms with van der Waals surface area (Å²) in [5.74, 6) is 1.29. The molecule has 0 saturated carbocycles. The Morgan fingerprint density at radius 1 is 1.09 bits per heavy atom. The first-order chi connectivity index (χ1) is 10.7. The van der Waals surface area contributed by atoms with Gasteiger partial charge in [0.25, 0.3) is 0 Å². The number of ether oxygens (including phenoxy) is 2. The molecule has 0 bridgehead atoms. The van der Waals surface area contributed by atoms with Gasteiger partial charge in [0.05, 0.1) is 13.7 Å². The minimum Gasteiger partial charge on any atom is -0.493 e. The molecule has 0 aromatic heterocycles. The van der Waals surface area contributed by atoms with Crippen LogP contribution in [0, 0.1) is 0 Å². The van der Waals surface area contributed by atoms with Crippen LogP contribution in [0.25, 0.3) is 0 Å². The third-order valence-electron chi connectivity index (χ3n) is 3.18. The van der Waals surface area contributed by atoms with Crippen molar-refractivity contribution in [1.82, 2.24) is 5.32 Å². The number of rotatable bonds is 8. The van der Waals surface area contributed by atoms with E-state index in [9.17, 15) is 0 Å². The quantitative estimate of drug-likeness (QED) is 0.784. The summed E-state index contributed by atoms with van der Waals surface area (Å²) in [5.41, 5.74) is 2.15. The minimum absolute atomic E-state index is 0.0235. The van der Waals surface area contributed by atoms with Crippen LogP contribution in [0.4, 0.5) is 0 Å². The summed E-state index contributed by atoms with van der Waals surface area (Å²) in [6.07, 6.45) is 0. The van der Waals surface area contributed by atoms with Crippen LogP contribution in [0.15, 0.2) is 42.5 Å². The molecule has 0 fully saturated rings. The number of aliphatic hydroxyl groups excluding tert-OH is 1. The average Bonchev–Trinajstić information content (AvgIpc) is 2.55. The van der Waals surface area contributed by atoms with Crippen LogP contribution in [0.2, 0.25) is 5.02 Å². The molecule has 0 saturated heterocycles. The third-order valence-corrected chi connectivity index (χ3v) is 3.55. The Labute approximate surface area is 135 Å². The number of nitrogens with one attached hydrogen (secondary N) is 1. The molecule has 2 rings (SSSR count). The SMILES string of the molecule is COc1cc(CNCc2ccccc2Cl)ccc1OCCO. The Hall–Kier alpha value is -1.75. The van der Waals surface area contributed by atoms with E-state index in [-0.39, 0.29) is 13.2 Å². The first kappa shape index (κ1) is 16.6. The Morgan fingerprint density at radius 2 is 1.91 bits per heavy atom. The number of hydrogen-bond acceptors (Lipinski definition) is 4. The zero-order valence-electron chi connectivity index (χ0n) is 12.5. The van der Waals surface area contributed by atoms with Gasteiger partial charge in [0.1, 0.15) is 6.61 Å². The Balaban J connectivity index is 1.94. The van der Waals surface area contributed by atoms with Gasteiger partial charge in [-0.05, 0) is 29.3 Å². The average molecular weight is 322 g/mol. The molecule has 0 heterocycles. The van der Waals surface area contributed by atoms with Gasteiger partial charge in [-0.1, -0.05) is 35.9 Å². The highest BCUT2D eigenvalue weighted by molar-refractivity contribution is 6.31. The lowest BCUT2D eigenvalue weighted by molar-refractivity contribution is 0.196. The van der Waals surface area contributed by atoms with Gasteiger partial charge in [0, 0.05) is 18.1 Å². The molecule has 22 heavy (non-hydrogen) atoms. The molecule has 0 aliphatic rings. The van der Waals surface area contributed by atoms with Crippen molar-refractivity contribution in [2.75, 3.05) is 20.3 Å². The predicted octanol–water partition coefficient (Wildman–Crippen LogP) is 3.01. The summed E-state index contributed by atoms with van der Waals surface area (Å²) in [5, 5.41) is 12.9. The van der Waals surface area contributed by atoms with Crippen molar-refractivity contribution in [3.63, 3.8) is 0 Å². The van der Waals surface area contributed by atoms with Crippen LogP contribution in [0.1, 0.15) is 11.1 Å². The maximum atomic E-state index is 8.81. The van der Waals surface area contributed by atoms with E-state index in [1.54, 1.807) is 7.11 Å². The lowest BCUT2D eigenvalue weighted by Crippen LogP contribution is -2.13. The second kappa shape index (κ2) is 8.63. The molecule has 4 nitrogen and oxygen atoms in total. The summed E-state index contributed by atoms with van der Waals surface area (Å²) < 4.78 is 10.7. The van der Waals surface area contributed by atoms with E-state index in [4.69, 9.17) is 26.2 Å². The summed E-state index contributed by atoms with van der Waals surface area (Å²) >= 11 is 6.13. The topological polar surface area (TPSA) is 50.7 Å². The predicted molar refractivity (Wildman–Crippen MR) is 87.6 cm³/mol. The van der Waals surface area contributed by atoms with Crippen molar-refractivity contribution in [1.29, 1.82) is 0 Å². The molecule has 5 heteroatoms. The van der Waals surface area contributed by atoms with E-state index in [0.717, 1.165) is 16.1 Å². The van der Waals surface area contributed by atoms with E-state index >= 15 is 0 Å². The van der Waals surface area contributed by atoms with Gasteiger partial charge in [-0.2, -0.15) is 0 Å². The normalized spacial score (nSPS) is 10.5. The van der Waals surface area contributed by atoms with Gasteiger partial charge in [0.2, 0.25) is 0 Å². The minimum atomic E-state index is -0.0235. The van der Waals surface area contributed by atoms with E-state index in [2.05, 4.69) is 5.32 Å². The summed E-state index contributed by atoms with van der Waals surface area (Å²) in [6.45, 7) is 1.62. The molecule has 2 aromatic rings. The van der Waals surface area contributed by atoms with Crippen molar-refractivity contribution in [3.8, 4) is 11.5 Å². The van der Waals surface area contributed by atoms with Crippen LogP contribution in [-0.4, -0.2) is 25.4 Å². The van der Waals surface area contributed by atoms with E-state index in [0.29, 0.717) is 24.6 Å². The van der Waals surface area contributed by atoms with Crippen molar-refractivity contribution < 1.29 is 14.6 Å². The lowest BCUT2D eigenvalue weighted by atomic mass is 10.2. The van der Waals surface area contributed by atoms with Gasteiger partial charge in [-0.25, -0.2) is 0 Å². The van der Waals surface area contributed by atoms with Gasteiger partial charge in [-0.15, -0.1) is 0 Å². The fourth-order valence-electron chi connectivity index (χ4n) is 2.08. The molecule has 0 aliphatic carbocycles. The molecule has 2 aromatic carbocycles. The number of hydrogen-bond donors (Lipinski definition) is 2. The summed E-state index contributed by atoms with van der Waals surface area (Å²) in [6, 6.07) is 13.5. The molecule has 0 unspecified atom stereocenters. The lowest BCUT2D eigenvalue weighted by Gasteiger charge is -2.12. The van der Waals surface area contributed by atoms with Crippen molar-refractivity contribution in [2.24, 2.45) is 0 Å². The second-order valence-corrected chi connectivity index (χ2v) is 5.16. The molecule has 2 N–H and O–H groups in total. The molecule has 0 radical (unpaired) electrons. The van der Waals surface area contributed by atoms with E-state index in [1.165, 1.54) is 0 Å². The highest BCUT2D eigenvalue weighted by Crippen LogP contribution is 2.28. The van der Waals surface area contributed by atoms with Crippen LogP contribution in [-0.2, 0) is 13.1 Å². The molecule has 0 aliphatic heterocycles. The number of aliphatic hydroxyl groups is 1. The van der Waals surface area contributed by atoms with Crippen LogP contribution in [0.5, 0.6) is 11.5 Å². The molecular weight excluding hydrogens is 302 g/mol. The zero-order chi connectivity index (χ0) is 15.8. The van der Waals surface area contributed by atoms with Gasteiger partial charge in [0.15, 0.2) is 11.5 Å². The molecular formula is C17H20ClNO3. The molecule has 0 spiro atoms. The third kappa shape index (κ3) is 4.63. The molecule has 118 valence electrons. The zero-order valence-corrected chi connectivity index (χ0v) is 13.3. The number of methoxy groups -OCH3 is 1. The van der Waals surface area contributed by atoms with E-state index in [1.807, 2.05) is 42.5 Å². The summed E-state index contributed by atoms with van der Waals surface area (Å²) in [7, 11) is 1.60. The van der Waals surface area contributed by atoms with Gasteiger partial charge in [-0.3, -0.25) is 0 Å². The van der Waals surface area contributed by atoms with Crippen LogP contribution >= 0.6 is 11.6 Å². The first-order valence-corrected chi connectivity index (χ1v) is 7.47. The van der Waals surface area contributed by atoms with Crippen molar-refractivity contribution in [3.05, 3.63) is 58.6 Å². The molecule has 0 amide bonds. The Kier molecular flexibility index (Phi) is 6.52. The highest BCUT2D eigenvalue weighted by atomic mass is 35.5.